The number of nitrogens with one attached hydrogen (secondary N) is 1. The summed E-state index contributed by atoms with van der Waals surface area (Å²) in [6.07, 6.45) is -2.49. The topological polar surface area (TPSA) is 24.9 Å². The number of pyridine rings is 1. The average Bonchev–Trinajstić information content (AvgIpc) is 2.17. The number of halogens is 4. The molecule has 0 saturated heterocycles. The van der Waals surface area contributed by atoms with Gasteiger partial charge in [0, 0.05) is 18.1 Å². The largest absolute Gasteiger partial charge is 0.419 e. The number of anilines is 1. The van der Waals surface area contributed by atoms with Crippen molar-refractivity contribution in [2.45, 2.75) is 25.6 Å². The predicted octanol–water partition coefficient (Wildman–Crippen LogP) is 3.53. The van der Waals surface area contributed by atoms with Crippen molar-refractivity contribution in [3.63, 3.8) is 0 Å². The number of nitrogens with zero attached hydrogens (tertiary/aromatic N) is 1. The van der Waals surface area contributed by atoms with Crippen molar-refractivity contribution in [1.82, 2.24) is 4.98 Å². The highest BCUT2D eigenvalue weighted by atomic mass is 35.5. The van der Waals surface area contributed by atoms with Crippen LogP contribution in [-0.4, -0.2) is 16.9 Å². The minimum absolute atomic E-state index is 0.145. The van der Waals surface area contributed by atoms with E-state index in [9.17, 15) is 13.2 Å². The van der Waals surface area contributed by atoms with E-state index >= 15 is 0 Å². The molecule has 1 aromatic rings. The Kier molecular flexibility index (Phi) is 4.41. The van der Waals surface area contributed by atoms with Gasteiger partial charge in [-0.05, 0) is 25.5 Å². The van der Waals surface area contributed by atoms with E-state index < -0.39 is 11.7 Å². The van der Waals surface area contributed by atoms with E-state index in [1.54, 1.807) is 6.92 Å². The SMILES string of the molecule is CC(CCCl)Nc1ncccc1C(F)(F)F. The maximum Gasteiger partial charge on any atom is 0.419 e. The van der Waals surface area contributed by atoms with E-state index in [1.165, 1.54) is 12.3 Å². The lowest BCUT2D eigenvalue weighted by Crippen LogP contribution is -2.20. The van der Waals surface area contributed by atoms with Crippen LogP contribution in [0.4, 0.5) is 19.0 Å². The molecular formula is C10H12ClF3N2. The second kappa shape index (κ2) is 5.39. The molecule has 16 heavy (non-hydrogen) atoms. The van der Waals surface area contributed by atoms with E-state index in [4.69, 9.17) is 11.6 Å². The Morgan fingerprint density at radius 2 is 2.19 bits per heavy atom. The molecular weight excluding hydrogens is 241 g/mol. The summed E-state index contributed by atoms with van der Waals surface area (Å²) in [6, 6.07) is 2.12. The maximum absolute atomic E-state index is 12.6. The van der Waals surface area contributed by atoms with Gasteiger partial charge in [-0.1, -0.05) is 0 Å². The summed E-state index contributed by atoms with van der Waals surface area (Å²) < 4.78 is 37.7. The number of hydrogen-bond acceptors (Lipinski definition) is 2. The van der Waals surface area contributed by atoms with Gasteiger partial charge in [-0.3, -0.25) is 0 Å². The molecule has 1 heterocycles. The lowest BCUT2D eigenvalue weighted by atomic mass is 10.2. The fraction of sp³-hybridized carbons (Fsp3) is 0.500. The molecule has 0 bridgehead atoms. The summed E-state index contributed by atoms with van der Waals surface area (Å²) in [6.45, 7) is 1.76. The van der Waals surface area contributed by atoms with Crippen LogP contribution >= 0.6 is 11.6 Å². The lowest BCUT2D eigenvalue weighted by Gasteiger charge is -2.17. The Labute approximate surface area is 96.8 Å². The first-order valence-corrected chi connectivity index (χ1v) is 5.33. The van der Waals surface area contributed by atoms with Crippen molar-refractivity contribution in [2.24, 2.45) is 0 Å². The third-order valence-electron chi connectivity index (χ3n) is 2.04. The Balaban J connectivity index is 2.87. The summed E-state index contributed by atoms with van der Waals surface area (Å²) in [5, 5.41) is 2.70. The van der Waals surface area contributed by atoms with E-state index in [2.05, 4.69) is 10.3 Å². The predicted molar refractivity (Wildman–Crippen MR) is 57.7 cm³/mol. The Bertz CT molecular complexity index is 341. The third kappa shape index (κ3) is 3.56. The minimum Gasteiger partial charge on any atom is -0.367 e. The van der Waals surface area contributed by atoms with Gasteiger partial charge in [0.15, 0.2) is 0 Å². The van der Waals surface area contributed by atoms with Gasteiger partial charge < -0.3 is 5.32 Å². The van der Waals surface area contributed by atoms with E-state index in [1.807, 2.05) is 0 Å². The van der Waals surface area contributed by atoms with Gasteiger partial charge in [0.1, 0.15) is 5.82 Å². The summed E-state index contributed by atoms with van der Waals surface area (Å²) in [4.78, 5) is 3.69. The highest BCUT2D eigenvalue weighted by Gasteiger charge is 2.34. The van der Waals surface area contributed by atoms with Crippen LogP contribution in [0.2, 0.25) is 0 Å². The van der Waals surface area contributed by atoms with Crippen LogP contribution in [0.25, 0.3) is 0 Å². The highest BCUT2D eigenvalue weighted by molar-refractivity contribution is 6.17. The molecule has 1 aromatic heterocycles. The van der Waals surface area contributed by atoms with Gasteiger partial charge in [0.25, 0.3) is 0 Å². The van der Waals surface area contributed by atoms with Gasteiger partial charge in [-0.15, -0.1) is 11.6 Å². The highest BCUT2D eigenvalue weighted by Crippen LogP contribution is 2.33. The molecule has 6 heteroatoms. The molecule has 2 nitrogen and oxygen atoms in total. The fourth-order valence-corrected chi connectivity index (χ4v) is 1.55. The second-order valence-corrected chi connectivity index (χ2v) is 3.80. The van der Waals surface area contributed by atoms with Crippen LogP contribution in [-0.2, 0) is 6.18 Å². The molecule has 1 rings (SSSR count). The van der Waals surface area contributed by atoms with Crippen molar-refractivity contribution in [3.8, 4) is 0 Å². The van der Waals surface area contributed by atoms with Crippen molar-refractivity contribution in [3.05, 3.63) is 23.9 Å². The smallest absolute Gasteiger partial charge is 0.367 e. The monoisotopic (exact) mass is 252 g/mol. The molecule has 0 aromatic carbocycles. The molecule has 90 valence electrons. The van der Waals surface area contributed by atoms with Crippen molar-refractivity contribution in [2.75, 3.05) is 11.2 Å². The summed E-state index contributed by atoms with van der Waals surface area (Å²) in [5.41, 5.74) is -0.753. The molecule has 1 N–H and O–H groups in total. The summed E-state index contributed by atoms with van der Waals surface area (Å²) >= 11 is 5.51. The molecule has 1 unspecified atom stereocenters. The van der Waals surface area contributed by atoms with Gasteiger partial charge in [0.2, 0.25) is 0 Å². The van der Waals surface area contributed by atoms with Crippen molar-refractivity contribution < 1.29 is 13.2 Å². The first kappa shape index (κ1) is 13.1. The van der Waals surface area contributed by atoms with Crippen LogP contribution < -0.4 is 5.32 Å². The Hall–Kier alpha value is -0.970. The molecule has 0 radical (unpaired) electrons. The summed E-state index contributed by atoms with van der Waals surface area (Å²) in [7, 11) is 0. The second-order valence-electron chi connectivity index (χ2n) is 3.42. The van der Waals surface area contributed by atoms with Crippen LogP contribution in [0, 0.1) is 0 Å². The zero-order valence-electron chi connectivity index (χ0n) is 8.68. The van der Waals surface area contributed by atoms with E-state index in [0.717, 1.165) is 6.07 Å². The van der Waals surface area contributed by atoms with Crippen molar-refractivity contribution in [1.29, 1.82) is 0 Å². The standard InChI is InChI=1S/C10H12ClF3N2/c1-7(4-5-11)16-9-8(10(12,13)14)3-2-6-15-9/h2-3,6-7H,4-5H2,1H3,(H,15,16). The van der Waals surface area contributed by atoms with E-state index in [-0.39, 0.29) is 11.9 Å². The minimum atomic E-state index is -4.39. The molecule has 0 aliphatic rings. The Morgan fingerprint density at radius 3 is 2.75 bits per heavy atom. The van der Waals surface area contributed by atoms with Gasteiger partial charge in [-0.25, -0.2) is 4.98 Å². The first-order chi connectivity index (χ1) is 7.45. The molecule has 0 spiro atoms. The van der Waals surface area contributed by atoms with Gasteiger partial charge >= 0.3 is 6.18 Å². The van der Waals surface area contributed by atoms with E-state index in [0.29, 0.717) is 12.3 Å². The van der Waals surface area contributed by atoms with Gasteiger partial charge in [-0.2, -0.15) is 13.2 Å². The maximum atomic E-state index is 12.6. The number of hydrogen-bond donors (Lipinski definition) is 1. The van der Waals surface area contributed by atoms with Crippen LogP contribution in [0.1, 0.15) is 18.9 Å². The Morgan fingerprint density at radius 1 is 1.50 bits per heavy atom. The van der Waals surface area contributed by atoms with Crippen LogP contribution in [0.15, 0.2) is 18.3 Å². The number of rotatable bonds is 4. The molecule has 0 saturated carbocycles. The number of aromatic nitrogens is 1. The quantitative estimate of drug-likeness (QED) is 0.830. The zero-order chi connectivity index (χ0) is 12.2. The van der Waals surface area contributed by atoms with Crippen LogP contribution in [0.5, 0.6) is 0 Å². The zero-order valence-corrected chi connectivity index (χ0v) is 9.44. The fourth-order valence-electron chi connectivity index (χ4n) is 1.22. The van der Waals surface area contributed by atoms with Gasteiger partial charge in [0.05, 0.1) is 5.56 Å². The number of alkyl halides is 4. The third-order valence-corrected chi connectivity index (χ3v) is 2.26. The van der Waals surface area contributed by atoms with Crippen molar-refractivity contribution >= 4 is 17.4 Å². The molecule has 0 aliphatic heterocycles. The average molecular weight is 253 g/mol. The normalized spacial score (nSPS) is 13.6. The van der Waals surface area contributed by atoms with Crippen LogP contribution in [0.3, 0.4) is 0 Å². The lowest BCUT2D eigenvalue weighted by molar-refractivity contribution is -0.137. The first-order valence-electron chi connectivity index (χ1n) is 4.80. The molecule has 0 aliphatic carbocycles. The molecule has 0 amide bonds. The molecule has 1 atom stereocenters. The summed E-state index contributed by atoms with van der Waals surface area (Å²) in [5.74, 6) is 0.245. The molecule has 0 fully saturated rings.